The van der Waals surface area contributed by atoms with Gasteiger partial charge in [0.15, 0.2) is 27.3 Å². The molecule has 0 unspecified atom stereocenters. The van der Waals surface area contributed by atoms with E-state index in [-0.39, 0.29) is 12.7 Å². The Hall–Kier alpha value is -2.97. The monoisotopic (exact) mass is 427 g/mol. The Labute approximate surface area is 177 Å². The van der Waals surface area contributed by atoms with Crippen LogP contribution in [0.3, 0.4) is 0 Å². The quantitative estimate of drug-likeness (QED) is 0.385. The summed E-state index contributed by atoms with van der Waals surface area (Å²) in [5, 5.41) is 0. The summed E-state index contributed by atoms with van der Waals surface area (Å²) >= 11 is 6.69. The lowest BCUT2D eigenvalue weighted by Gasteiger charge is -2.15. The first-order valence-electron chi connectivity index (χ1n) is 8.70. The van der Waals surface area contributed by atoms with Gasteiger partial charge in [0.2, 0.25) is 6.79 Å². The fourth-order valence-electron chi connectivity index (χ4n) is 2.96. The second-order valence-electron chi connectivity index (χ2n) is 6.03. The first-order chi connectivity index (χ1) is 14.1. The van der Waals surface area contributed by atoms with Gasteiger partial charge in [0, 0.05) is 11.6 Å². The van der Waals surface area contributed by atoms with Gasteiger partial charge in [-0.15, -0.1) is 0 Å². The summed E-state index contributed by atoms with van der Waals surface area (Å²) in [5.41, 5.74) is 1.35. The molecule has 2 aromatic carbocycles. The highest BCUT2D eigenvalue weighted by Gasteiger charge is 2.34. The maximum atomic E-state index is 13.1. The van der Waals surface area contributed by atoms with Crippen LogP contribution < -0.4 is 23.8 Å². The number of nitrogens with zero attached hydrogens (tertiary/aromatic N) is 1. The zero-order valence-corrected chi connectivity index (χ0v) is 17.2. The van der Waals surface area contributed by atoms with Crippen LogP contribution in [0.25, 0.3) is 6.08 Å². The standard InChI is InChI=1S/C21H17NO5S2/c1-3-9-25-19-13(5-4-6-16(19)24-2)10-18-20(23)22(21(28)29-18)14-7-8-15-17(11-14)27-12-26-15/h3-8,10-11H,1,9,12H2,2H3/b18-10-. The SMILES string of the molecule is C=CCOc1c(/C=C2\SC(=S)N(c3ccc4c(c3)OCO4)C2=O)cccc1OC. The summed E-state index contributed by atoms with van der Waals surface area (Å²) in [4.78, 5) is 15.1. The molecule has 0 N–H and O–H groups in total. The van der Waals surface area contributed by atoms with Gasteiger partial charge in [0.25, 0.3) is 5.91 Å². The van der Waals surface area contributed by atoms with Gasteiger partial charge in [-0.1, -0.05) is 48.8 Å². The Bertz CT molecular complexity index is 1030. The van der Waals surface area contributed by atoms with Gasteiger partial charge < -0.3 is 18.9 Å². The molecule has 1 fully saturated rings. The minimum atomic E-state index is -0.212. The van der Waals surface area contributed by atoms with Gasteiger partial charge >= 0.3 is 0 Å². The number of thioether (sulfide) groups is 1. The molecule has 2 aliphatic rings. The van der Waals surface area contributed by atoms with Gasteiger partial charge in [-0.3, -0.25) is 9.69 Å². The van der Waals surface area contributed by atoms with Gasteiger partial charge in [0.1, 0.15) is 6.61 Å². The highest BCUT2D eigenvalue weighted by molar-refractivity contribution is 8.27. The van der Waals surface area contributed by atoms with Gasteiger partial charge in [-0.05, 0) is 24.3 Å². The summed E-state index contributed by atoms with van der Waals surface area (Å²) in [6.07, 6.45) is 3.41. The number of thiocarbonyl (C=S) groups is 1. The number of ether oxygens (including phenoxy) is 4. The minimum Gasteiger partial charge on any atom is -0.493 e. The van der Waals surface area contributed by atoms with E-state index in [9.17, 15) is 4.79 Å². The molecule has 0 atom stereocenters. The summed E-state index contributed by atoms with van der Waals surface area (Å²) in [5.74, 6) is 2.15. The van der Waals surface area contributed by atoms with Crippen LogP contribution >= 0.6 is 24.0 Å². The van der Waals surface area contributed by atoms with Gasteiger partial charge in [0.05, 0.1) is 17.7 Å². The lowest BCUT2D eigenvalue weighted by Crippen LogP contribution is -2.27. The Kier molecular flexibility index (Phi) is 5.46. The van der Waals surface area contributed by atoms with Crippen molar-refractivity contribution < 1.29 is 23.7 Å². The van der Waals surface area contributed by atoms with Crippen molar-refractivity contribution in [2.45, 2.75) is 0 Å². The van der Waals surface area contributed by atoms with E-state index >= 15 is 0 Å². The van der Waals surface area contributed by atoms with Crippen molar-refractivity contribution in [1.29, 1.82) is 0 Å². The maximum Gasteiger partial charge on any atom is 0.270 e. The lowest BCUT2D eigenvalue weighted by atomic mass is 10.1. The van der Waals surface area contributed by atoms with Crippen molar-refractivity contribution in [1.82, 2.24) is 0 Å². The van der Waals surface area contributed by atoms with Gasteiger partial charge in [-0.25, -0.2) is 0 Å². The number of carbonyl (C=O) groups excluding carboxylic acids is 1. The summed E-state index contributed by atoms with van der Waals surface area (Å²) in [7, 11) is 1.57. The van der Waals surface area contributed by atoms with Crippen molar-refractivity contribution in [3.05, 3.63) is 59.5 Å². The molecule has 0 radical (unpaired) electrons. The van der Waals surface area contributed by atoms with E-state index < -0.39 is 0 Å². The van der Waals surface area contributed by atoms with E-state index in [0.29, 0.717) is 44.5 Å². The third-order valence-electron chi connectivity index (χ3n) is 4.27. The summed E-state index contributed by atoms with van der Waals surface area (Å²) < 4.78 is 22.3. The average molecular weight is 428 g/mol. The fraction of sp³-hybridized carbons (Fsp3) is 0.143. The van der Waals surface area contributed by atoms with Crippen LogP contribution in [0.5, 0.6) is 23.0 Å². The van der Waals surface area contributed by atoms with E-state index in [1.807, 2.05) is 12.1 Å². The smallest absolute Gasteiger partial charge is 0.270 e. The molecule has 29 heavy (non-hydrogen) atoms. The molecule has 6 nitrogen and oxygen atoms in total. The molecular formula is C21H17NO5S2. The lowest BCUT2D eigenvalue weighted by molar-refractivity contribution is -0.113. The normalized spacial score (nSPS) is 16.4. The largest absolute Gasteiger partial charge is 0.493 e. The zero-order chi connectivity index (χ0) is 20.4. The van der Waals surface area contributed by atoms with Crippen molar-refractivity contribution in [2.24, 2.45) is 0 Å². The fourth-order valence-corrected chi connectivity index (χ4v) is 4.25. The Morgan fingerprint density at radius 2 is 2.10 bits per heavy atom. The van der Waals surface area contributed by atoms with Crippen LogP contribution in [-0.2, 0) is 4.79 Å². The molecule has 0 aliphatic carbocycles. The third-order valence-corrected chi connectivity index (χ3v) is 5.57. The molecule has 0 spiro atoms. The van der Waals surface area contributed by atoms with Crippen LogP contribution in [0, 0.1) is 0 Å². The third kappa shape index (κ3) is 3.68. The first-order valence-corrected chi connectivity index (χ1v) is 9.93. The van der Waals surface area contributed by atoms with E-state index in [2.05, 4.69) is 6.58 Å². The predicted octanol–water partition coefficient (Wildman–Crippen LogP) is 4.39. The highest BCUT2D eigenvalue weighted by Crippen LogP contribution is 2.42. The number of amides is 1. The van der Waals surface area contributed by atoms with Crippen LogP contribution in [0.2, 0.25) is 0 Å². The molecule has 148 valence electrons. The van der Waals surface area contributed by atoms with Crippen molar-refractivity contribution in [3.63, 3.8) is 0 Å². The van der Waals surface area contributed by atoms with Gasteiger partial charge in [-0.2, -0.15) is 0 Å². The molecule has 0 saturated carbocycles. The number of carbonyl (C=O) groups is 1. The molecule has 8 heteroatoms. The van der Waals surface area contributed by atoms with Crippen LogP contribution in [0.4, 0.5) is 5.69 Å². The number of hydrogen-bond donors (Lipinski definition) is 0. The van der Waals surface area contributed by atoms with E-state index in [0.717, 1.165) is 5.56 Å². The van der Waals surface area contributed by atoms with Crippen molar-refractivity contribution in [3.8, 4) is 23.0 Å². The molecule has 1 amide bonds. The van der Waals surface area contributed by atoms with Crippen molar-refractivity contribution in [2.75, 3.05) is 25.4 Å². The average Bonchev–Trinajstić information content (AvgIpc) is 3.30. The number of anilines is 1. The number of benzene rings is 2. The molecule has 4 rings (SSSR count). The first kappa shape index (κ1) is 19.4. The summed E-state index contributed by atoms with van der Waals surface area (Å²) in [6.45, 7) is 4.16. The Morgan fingerprint density at radius 3 is 2.90 bits per heavy atom. The molecule has 0 bridgehead atoms. The number of methoxy groups -OCH3 is 1. The number of rotatable bonds is 6. The van der Waals surface area contributed by atoms with E-state index in [1.54, 1.807) is 43.5 Å². The second kappa shape index (κ2) is 8.18. The molecule has 0 aromatic heterocycles. The molecule has 2 aliphatic heterocycles. The number of para-hydroxylation sites is 1. The summed E-state index contributed by atoms with van der Waals surface area (Å²) in [6, 6.07) is 10.8. The van der Waals surface area contributed by atoms with Crippen molar-refractivity contribution >= 4 is 46.0 Å². The molecular weight excluding hydrogens is 410 g/mol. The Balaban J connectivity index is 1.67. The number of hydrogen-bond acceptors (Lipinski definition) is 7. The van der Waals surface area contributed by atoms with Crippen LogP contribution in [-0.4, -0.2) is 30.7 Å². The topological polar surface area (TPSA) is 57.2 Å². The predicted molar refractivity (Wildman–Crippen MR) is 117 cm³/mol. The molecule has 2 aromatic rings. The van der Waals surface area contributed by atoms with Crippen LogP contribution in [0.15, 0.2) is 54.0 Å². The van der Waals surface area contributed by atoms with Crippen LogP contribution in [0.1, 0.15) is 5.56 Å². The zero-order valence-electron chi connectivity index (χ0n) is 15.5. The number of fused-ring (bicyclic) bond motifs is 1. The minimum absolute atomic E-state index is 0.167. The molecule has 1 saturated heterocycles. The van der Waals surface area contributed by atoms with E-state index in [4.69, 9.17) is 31.2 Å². The second-order valence-corrected chi connectivity index (χ2v) is 7.71. The Morgan fingerprint density at radius 1 is 1.28 bits per heavy atom. The van der Waals surface area contributed by atoms with E-state index in [1.165, 1.54) is 16.7 Å². The maximum absolute atomic E-state index is 13.1. The highest BCUT2D eigenvalue weighted by atomic mass is 32.2. The molecule has 2 heterocycles.